The van der Waals surface area contributed by atoms with Crippen LogP contribution in [-0.2, 0) is 50.6 Å². The predicted molar refractivity (Wildman–Crippen MR) is 351 cm³/mol. The van der Waals surface area contributed by atoms with E-state index in [4.69, 9.17) is 48.7 Å². The topological polar surface area (TPSA) is 230 Å². The van der Waals surface area contributed by atoms with Gasteiger partial charge in [-0.05, 0) is 193 Å². The minimum atomic E-state index is -3.81. The molecule has 486 valence electrons. The molecule has 4 aliphatic rings. The zero-order chi connectivity index (χ0) is 65.4. The third-order valence-electron chi connectivity index (χ3n) is 17.8. The van der Waals surface area contributed by atoms with Crippen LogP contribution in [0.5, 0.6) is 23.0 Å². The monoisotopic (exact) mass is 1330 g/mol. The SMILES string of the molecule is [C-]#[N+]c1cc(Cl)cc2c1C[C@H](N(C)C)[C@H]2Oc1ccc(S(=O)(=O)N2CC[C@@H](COc3ccnc(CNC(=O)NCCCCCC(=O)CCc4cc(OC[C@@H]5CCN(S(=O)(=O)c6ccc(O[C@H]7c8cc(Cl)cc(C#N)c8C[C@@H]7N(C)C)c(C)c6)C5)ccn4)c3)C2)cc1C. The van der Waals surface area contributed by atoms with E-state index in [0.29, 0.717) is 165 Å². The van der Waals surface area contributed by atoms with Crippen LogP contribution < -0.4 is 29.6 Å². The smallest absolute Gasteiger partial charge is 0.315 e. The van der Waals surface area contributed by atoms with Crippen molar-refractivity contribution in [1.82, 2.24) is 39.0 Å². The highest BCUT2D eigenvalue weighted by Gasteiger charge is 2.41. The van der Waals surface area contributed by atoms with Crippen LogP contribution in [0, 0.1) is 43.6 Å². The van der Waals surface area contributed by atoms with E-state index in [2.05, 4.69) is 41.3 Å². The van der Waals surface area contributed by atoms with Crippen LogP contribution >= 0.6 is 23.2 Å². The lowest BCUT2D eigenvalue weighted by Crippen LogP contribution is -2.35. The molecule has 0 spiro atoms. The number of aromatic nitrogens is 2. The first kappa shape index (κ1) is 67.5. The third kappa shape index (κ3) is 16.0. The molecule has 10 rings (SSSR count). The molecule has 92 heavy (non-hydrogen) atoms. The van der Waals surface area contributed by atoms with Crippen molar-refractivity contribution >= 4 is 60.8 Å². The lowest BCUT2D eigenvalue weighted by molar-refractivity contribution is -0.119. The Labute approximate surface area is 550 Å². The maximum Gasteiger partial charge on any atom is 0.315 e. The molecule has 4 heterocycles. The molecule has 0 bridgehead atoms. The van der Waals surface area contributed by atoms with Crippen molar-refractivity contribution in [2.24, 2.45) is 11.8 Å². The van der Waals surface area contributed by atoms with Crippen molar-refractivity contribution in [3.8, 4) is 29.1 Å². The van der Waals surface area contributed by atoms with E-state index in [0.717, 1.165) is 34.4 Å². The number of likely N-dealkylation sites (N-methyl/N-ethyl adjacent to an activating group) is 2. The quantitative estimate of drug-likeness (QED) is 0.0361. The van der Waals surface area contributed by atoms with Gasteiger partial charge >= 0.3 is 6.03 Å². The number of carbonyl (C=O) groups is 2. The van der Waals surface area contributed by atoms with Gasteiger partial charge in [0.1, 0.15) is 41.0 Å². The van der Waals surface area contributed by atoms with E-state index in [-0.39, 0.29) is 52.1 Å². The number of benzene rings is 4. The van der Waals surface area contributed by atoms with Gasteiger partial charge in [-0.2, -0.15) is 13.9 Å². The van der Waals surface area contributed by atoms with Crippen molar-refractivity contribution in [2.75, 3.05) is 74.1 Å². The molecule has 0 radical (unpaired) electrons. The zero-order valence-corrected chi connectivity index (χ0v) is 55.8. The van der Waals surface area contributed by atoms with Gasteiger partial charge in [-0.25, -0.2) is 26.5 Å². The zero-order valence-electron chi connectivity index (χ0n) is 52.7. The van der Waals surface area contributed by atoms with E-state index in [1.165, 1.54) is 8.61 Å². The number of amides is 2. The minimum absolute atomic E-state index is 0.0232. The summed E-state index contributed by atoms with van der Waals surface area (Å²) in [5.41, 5.74) is 7.27. The Morgan fingerprint density at radius 2 is 1.22 bits per heavy atom. The van der Waals surface area contributed by atoms with Crippen molar-refractivity contribution in [1.29, 1.82) is 5.26 Å². The summed E-state index contributed by atoms with van der Waals surface area (Å²) < 4.78 is 84.1. The number of nitrogens with one attached hydrogen (secondary N) is 2. The highest BCUT2D eigenvalue weighted by atomic mass is 35.5. The number of halogens is 2. The minimum Gasteiger partial charge on any atom is -0.493 e. The van der Waals surface area contributed by atoms with Gasteiger partial charge in [-0.15, -0.1) is 0 Å². The Bertz CT molecular complexity index is 3770. The summed E-state index contributed by atoms with van der Waals surface area (Å²) in [6.07, 6.45) is 8.35. The molecule has 6 aromatic rings. The molecule has 2 aromatic heterocycles. The maximum atomic E-state index is 13.9. The lowest BCUT2D eigenvalue weighted by atomic mass is 10.0. The largest absolute Gasteiger partial charge is 0.493 e. The number of nitriles is 1. The van der Waals surface area contributed by atoms with Gasteiger partial charge < -0.3 is 39.4 Å². The Morgan fingerprint density at radius 3 is 1.76 bits per heavy atom. The van der Waals surface area contributed by atoms with Gasteiger partial charge in [0.05, 0.1) is 65.5 Å². The maximum absolute atomic E-state index is 13.9. The molecule has 2 saturated heterocycles. The number of pyridine rings is 2. The number of urea groups is 1. The molecular weight excluding hydrogens is 1250 g/mol. The number of nitrogens with zero attached hydrogens (tertiary/aromatic N) is 8. The highest BCUT2D eigenvalue weighted by molar-refractivity contribution is 7.89. The van der Waals surface area contributed by atoms with Crippen LogP contribution in [0.2, 0.25) is 10.0 Å². The van der Waals surface area contributed by atoms with Crippen molar-refractivity contribution < 1.29 is 45.4 Å². The summed E-state index contributed by atoms with van der Waals surface area (Å²) in [5, 5.41) is 16.4. The van der Waals surface area contributed by atoms with E-state index in [9.17, 15) is 31.7 Å². The average Bonchev–Trinajstić information content (AvgIpc) is 1.59. The summed E-state index contributed by atoms with van der Waals surface area (Å²) in [5.74, 6) is 2.34. The van der Waals surface area contributed by atoms with Crippen LogP contribution in [0.3, 0.4) is 0 Å². The number of carbonyl (C=O) groups excluding carboxylic acids is 2. The lowest BCUT2D eigenvalue weighted by Gasteiger charge is -2.28. The average molecular weight is 1330 g/mol. The van der Waals surface area contributed by atoms with Crippen LogP contribution in [0.1, 0.15) is 107 Å². The Kier molecular flexibility index (Phi) is 21.8. The van der Waals surface area contributed by atoms with E-state index < -0.39 is 32.3 Å². The first-order valence-electron chi connectivity index (χ1n) is 31.1. The number of hydrogen-bond donors (Lipinski definition) is 2. The van der Waals surface area contributed by atoms with Gasteiger partial charge in [0.15, 0.2) is 5.69 Å². The van der Waals surface area contributed by atoms with Crippen molar-refractivity contribution in [2.45, 2.75) is 119 Å². The Hall–Kier alpha value is -7.38. The van der Waals surface area contributed by atoms with E-state index in [1.54, 1.807) is 79.1 Å². The normalized spacial score (nSPS) is 19.7. The molecule has 24 heteroatoms. The van der Waals surface area contributed by atoms with Crippen LogP contribution in [-0.4, -0.2) is 143 Å². The fraction of sp³-hybridized carbons (Fsp3) is 0.441. The predicted octanol–water partition coefficient (Wildman–Crippen LogP) is 10.8. The first-order valence-corrected chi connectivity index (χ1v) is 34.7. The number of ether oxygens (including phenoxy) is 4. The van der Waals surface area contributed by atoms with Crippen LogP contribution in [0.25, 0.3) is 4.85 Å². The molecule has 4 aromatic carbocycles. The highest BCUT2D eigenvalue weighted by Crippen LogP contribution is 2.45. The molecule has 0 saturated carbocycles. The van der Waals surface area contributed by atoms with Gasteiger partial charge in [0.2, 0.25) is 20.0 Å². The molecule has 2 amide bonds. The molecule has 6 atom stereocenters. The number of aryl methyl sites for hydroxylation is 3. The summed E-state index contributed by atoms with van der Waals surface area (Å²) in [6, 6.07) is 25.8. The summed E-state index contributed by atoms with van der Waals surface area (Å²) in [7, 11) is 0.264. The van der Waals surface area contributed by atoms with Gasteiger partial charge in [0, 0.05) is 97.7 Å². The number of sulfonamides is 2. The van der Waals surface area contributed by atoms with Crippen LogP contribution in [0.4, 0.5) is 10.5 Å². The van der Waals surface area contributed by atoms with Gasteiger partial charge in [0.25, 0.3) is 0 Å². The third-order valence-corrected chi connectivity index (χ3v) is 22.0. The molecule has 2 N–H and O–H groups in total. The van der Waals surface area contributed by atoms with Crippen molar-refractivity contribution in [3.63, 3.8) is 0 Å². The second-order valence-electron chi connectivity index (χ2n) is 24.7. The van der Waals surface area contributed by atoms with E-state index >= 15 is 0 Å². The number of unbranched alkanes of at least 4 members (excludes halogenated alkanes) is 2. The molecule has 2 fully saturated rings. The van der Waals surface area contributed by atoms with Gasteiger partial charge in [-0.1, -0.05) is 29.6 Å². The molecular formula is C68H78Cl2N10O10S2. The number of Topliss-reactive ketones (excluding diaryl/α,β-unsaturated/α-hetero) is 1. The number of ketones is 1. The van der Waals surface area contributed by atoms with E-state index in [1.807, 2.05) is 60.2 Å². The second-order valence-corrected chi connectivity index (χ2v) is 29.5. The fourth-order valence-electron chi connectivity index (χ4n) is 12.6. The standard InChI is InChI=1S/C68H78Cl2N10O10S2/c1-43-27-55(14-16-64(43)89-66-59-30-48(69)29-47(37-71)57(59)35-62(66)77(4)5)91(83,84)79-25-20-45(39-79)41-87-53-18-23-73-50(33-53)12-13-52(81)11-9-8-10-22-75-68(82)76-38-51-34-54(19-24-74-51)88-42-46-21-26-80(40-46)92(85,86)56-15-17-65(44(2)28-56)90-67-60-31-49(70)32-61(72-3)58(60)36-63(67)78(6)7/h14-19,23-24,27-34,45-46,62-63,66-67H,8-13,20-22,25-26,35-36,38-42H2,1-2,4-7H3,(H2,75,76,82)/t45-,46-,62+,63+,66+,67+/m1/s1. The van der Waals surface area contributed by atoms with Gasteiger partial charge in [-0.3, -0.25) is 14.8 Å². The molecule has 20 nitrogen and oxygen atoms in total. The summed E-state index contributed by atoms with van der Waals surface area (Å²) in [6.45, 7) is 13.9. The number of fused-ring (bicyclic) bond motifs is 2. The Morgan fingerprint density at radius 1 is 0.685 bits per heavy atom. The Balaban J connectivity index is 0.586. The summed E-state index contributed by atoms with van der Waals surface area (Å²) in [4.78, 5) is 42.6. The van der Waals surface area contributed by atoms with Crippen molar-refractivity contribution in [3.05, 3.63) is 169 Å². The molecule has 2 aliphatic carbocycles. The molecule has 2 aliphatic heterocycles. The van der Waals surface area contributed by atoms with Crippen LogP contribution in [0.15, 0.2) is 107 Å². The fourth-order valence-corrected chi connectivity index (χ4v) is 16.3. The second kappa shape index (κ2) is 29.7. The number of hydrogen-bond acceptors (Lipinski definition) is 15. The first-order chi connectivity index (χ1) is 44.1. The number of rotatable bonds is 27. The molecule has 0 unspecified atom stereocenters. The summed E-state index contributed by atoms with van der Waals surface area (Å²) >= 11 is 12.8.